The molecule has 0 radical (unpaired) electrons. The van der Waals surface area contributed by atoms with Gasteiger partial charge in [-0.1, -0.05) is 6.42 Å². The second kappa shape index (κ2) is 4.83. The average molecular weight is 219 g/mol. The zero-order chi connectivity index (χ0) is 11.5. The summed E-state index contributed by atoms with van der Waals surface area (Å²) in [7, 11) is 4.13. The highest BCUT2D eigenvalue weighted by Crippen LogP contribution is 2.30. The molecule has 1 saturated heterocycles. The lowest BCUT2D eigenvalue weighted by Gasteiger charge is -2.32. The maximum absolute atomic E-state index is 4.47. The molecule has 2 heterocycles. The second-order valence-electron chi connectivity index (χ2n) is 4.68. The average Bonchev–Trinajstić information content (AvgIpc) is 2.29. The van der Waals surface area contributed by atoms with Crippen molar-refractivity contribution in [2.24, 2.45) is 0 Å². The molecule has 0 spiro atoms. The van der Waals surface area contributed by atoms with Crippen LogP contribution in [0.5, 0.6) is 0 Å². The van der Waals surface area contributed by atoms with Crippen LogP contribution in [0.3, 0.4) is 0 Å². The van der Waals surface area contributed by atoms with E-state index >= 15 is 0 Å². The van der Waals surface area contributed by atoms with Crippen LogP contribution in [0.4, 0.5) is 5.82 Å². The Labute approximate surface area is 97.9 Å². The molecule has 0 aliphatic carbocycles. The molecule has 0 unspecified atom stereocenters. The van der Waals surface area contributed by atoms with Crippen molar-refractivity contribution >= 4 is 5.82 Å². The summed E-state index contributed by atoms with van der Waals surface area (Å²) in [4.78, 5) is 6.91. The minimum absolute atomic E-state index is 0.561. The van der Waals surface area contributed by atoms with E-state index in [2.05, 4.69) is 35.2 Å². The second-order valence-corrected chi connectivity index (χ2v) is 4.68. The largest absolute Gasteiger partial charge is 0.373 e. The number of anilines is 1. The van der Waals surface area contributed by atoms with Crippen LogP contribution in [0, 0.1) is 6.92 Å². The Kier molecular flexibility index (Phi) is 3.44. The van der Waals surface area contributed by atoms with E-state index in [9.17, 15) is 0 Å². The van der Waals surface area contributed by atoms with E-state index in [4.69, 9.17) is 0 Å². The van der Waals surface area contributed by atoms with Gasteiger partial charge in [-0.25, -0.2) is 4.98 Å². The number of nitrogens with zero attached hydrogens (tertiary/aromatic N) is 2. The summed E-state index contributed by atoms with van der Waals surface area (Å²) in [6.45, 7) is 3.32. The van der Waals surface area contributed by atoms with Crippen LogP contribution in [0.2, 0.25) is 0 Å². The number of hydrogen-bond acceptors (Lipinski definition) is 3. The normalized spacial score (nSPS) is 22.1. The Morgan fingerprint density at radius 2 is 2.25 bits per heavy atom. The molecule has 1 aliphatic heterocycles. The molecular weight excluding hydrogens is 198 g/mol. The van der Waals surface area contributed by atoms with Gasteiger partial charge in [-0.05, 0) is 50.6 Å². The van der Waals surface area contributed by atoms with Crippen molar-refractivity contribution < 1.29 is 0 Å². The van der Waals surface area contributed by atoms with Crippen molar-refractivity contribution in [3.8, 4) is 0 Å². The zero-order valence-electron chi connectivity index (χ0n) is 10.5. The Morgan fingerprint density at radius 1 is 1.44 bits per heavy atom. The van der Waals surface area contributed by atoms with E-state index < -0.39 is 0 Å². The summed E-state index contributed by atoms with van der Waals surface area (Å²) in [6, 6.07) is 2.83. The van der Waals surface area contributed by atoms with Crippen molar-refractivity contribution in [3.05, 3.63) is 23.4 Å². The first-order valence-corrected chi connectivity index (χ1v) is 6.07. The van der Waals surface area contributed by atoms with E-state index in [1.54, 1.807) is 0 Å². The van der Waals surface area contributed by atoms with E-state index in [1.807, 2.05) is 13.2 Å². The minimum atomic E-state index is 0.561. The van der Waals surface area contributed by atoms with Gasteiger partial charge >= 0.3 is 0 Å². The number of hydrogen-bond donors (Lipinski definition) is 1. The molecule has 1 aromatic heterocycles. The highest BCUT2D eigenvalue weighted by Gasteiger charge is 2.21. The standard InChI is InChI=1S/C13H21N3/c1-10-8-11(9-15-13(10)14-2)12-6-4-5-7-16(12)3/h8-9,12H,4-7H2,1-3H3,(H,14,15)/t12-/m1/s1. The molecule has 1 aliphatic rings. The molecule has 3 nitrogen and oxygen atoms in total. The Morgan fingerprint density at radius 3 is 2.88 bits per heavy atom. The van der Waals surface area contributed by atoms with Gasteiger partial charge in [0.25, 0.3) is 0 Å². The number of piperidine rings is 1. The third-order valence-corrected chi connectivity index (χ3v) is 3.49. The predicted octanol–water partition coefficient (Wildman–Crippen LogP) is 2.59. The van der Waals surface area contributed by atoms with Crippen LogP contribution in [0.15, 0.2) is 12.3 Å². The number of rotatable bonds is 2. The fourth-order valence-corrected chi connectivity index (χ4v) is 2.54. The van der Waals surface area contributed by atoms with E-state index in [-0.39, 0.29) is 0 Å². The molecule has 1 aromatic rings. The lowest BCUT2D eigenvalue weighted by Crippen LogP contribution is -2.29. The van der Waals surface area contributed by atoms with Gasteiger partial charge in [-0.2, -0.15) is 0 Å². The van der Waals surface area contributed by atoms with Crippen molar-refractivity contribution in [2.75, 3.05) is 26.0 Å². The van der Waals surface area contributed by atoms with Crippen molar-refractivity contribution in [1.29, 1.82) is 0 Å². The maximum atomic E-state index is 4.47. The van der Waals surface area contributed by atoms with Gasteiger partial charge in [0.15, 0.2) is 0 Å². The molecule has 0 amide bonds. The number of aryl methyl sites for hydroxylation is 1. The van der Waals surface area contributed by atoms with E-state index in [0.29, 0.717) is 6.04 Å². The first-order valence-electron chi connectivity index (χ1n) is 6.07. The topological polar surface area (TPSA) is 28.2 Å². The first kappa shape index (κ1) is 11.4. The fraction of sp³-hybridized carbons (Fsp3) is 0.615. The number of pyridine rings is 1. The lowest BCUT2D eigenvalue weighted by atomic mass is 9.96. The molecule has 1 fully saturated rings. The third-order valence-electron chi connectivity index (χ3n) is 3.49. The van der Waals surface area contributed by atoms with Crippen LogP contribution in [-0.4, -0.2) is 30.5 Å². The van der Waals surface area contributed by atoms with Crippen LogP contribution >= 0.6 is 0 Å². The number of aromatic nitrogens is 1. The van der Waals surface area contributed by atoms with Gasteiger partial charge in [-0.15, -0.1) is 0 Å². The zero-order valence-corrected chi connectivity index (χ0v) is 10.5. The first-order chi connectivity index (χ1) is 7.72. The summed E-state index contributed by atoms with van der Waals surface area (Å²) in [5, 5.41) is 3.11. The van der Waals surface area contributed by atoms with Gasteiger partial charge in [0.2, 0.25) is 0 Å². The summed E-state index contributed by atoms with van der Waals surface area (Å²) in [5.74, 6) is 0.988. The molecule has 0 aromatic carbocycles. The fourth-order valence-electron chi connectivity index (χ4n) is 2.54. The van der Waals surface area contributed by atoms with Crippen molar-refractivity contribution in [3.63, 3.8) is 0 Å². The third kappa shape index (κ3) is 2.19. The monoisotopic (exact) mass is 219 g/mol. The molecule has 88 valence electrons. The van der Waals surface area contributed by atoms with E-state index in [1.165, 1.54) is 36.9 Å². The maximum Gasteiger partial charge on any atom is 0.128 e. The highest BCUT2D eigenvalue weighted by atomic mass is 15.1. The van der Waals surface area contributed by atoms with Gasteiger partial charge in [0.05, 0.1) is 0 Å². The highest BCUT2D eigenvalue weighted by molar-refractivity contribution is 5.44. The molecule has 0 saturated carbocycles. The van der Waals surface area contributed by atoms with Crippen LogP contribution in [0.25, 0.3) is 0 Å². The quantitative estimate of drug-likeness (QED) is 0.828. The van der Waals surface area contributed by atoms with Crippen LogP contribution in [-0.2, 0) is 0 Å². The lowest BCUT2D eigenvalue weighted by molar-refractivity contribution is 0.187. The predicted molar refractivity (Wildman–Crippen MR) is 67.7 cm³/mol. The molecule has 2 rings (SSSR count). The van der Waals surface area contributed by atoms with Crippen molar-refractivity contribution in [1.82, 2.24) is 9.88 Å². The minimum Gasteiger partial charge on any atom is -0.373 e. The SMILES string of the molecule is CNc1ncc([C@H]2CCCCN2C)cc1C. The Bertz CT molecular complexity index is 362. The van der Waals surface area contributed by atoms with Crippen LogP contribution < -0.4 is 5.32 Å². The number of nitrogens with one attached hydrogen (secondary N) is 1. The Hall–Kier alpha value is -1.09. The van der Waals surface area contributed by atoms with Gasteiger partial charge < -0.3 is 5.32 Å². The van der Waals surface area contributed by atoms with Crippen LogP contribution in [0.1, 0.15) is 36.4 Å². The molecule has 3 heteroatoms. The van der Waals surface area contributed by atoms with E-state index in [0.717, 1.165) is 5.82 Å². The summed E-state index contributed by atoms with van der Waals surface area (Å²) < 4.78 is 0. The smallest absolute Gasteiger partial charge is 0.128 e. The molecule has 16 heavy (non-hydrogen) atoms. The van der Waals surface area contributed by atoms with Crippen molar-refractivity contribution in [2.45, 2.75) is 32.2 Å². The summed E-state index contributed by atoms with van der Waals surface area (Å²) in [5.41, 5.74) is 2.60. The summed E-state index contributed by atoms with van der Waals surface area (Å²) >= 11 is 0. The van der Waals surface area contributed by atoms with Gasteiger partial charge in [-0.3, -0.25) is 4.90 Å². The molecular formula is C13H21N3. The van der Waals surface area contributed by atoms with Gasteiger partial charge in [0, 0.05) is 19.3 Å². The Balaban J connectivity index is 2.22. The molecule has 1 N–H and O–H groups in total. The summed E-state index contributed by atoms with van der Waals surface area (Å²) in [6.07, 6.45) is 5.94. The molecule has 0 bridgehead atoms. The number of likely N-dealkylation sites (tertiary alicyclic amines) is 1. The molecule has 1 atom stereocenters. The van der Waals surface area contributed by atoms with Gasteiger partial charge in [0.1, 0.15) is 5.82 Å².